The van der Waals surface area contributed by atoms with Crippen molar-refractivity contribution in [2.75, 3.05) is 13.2 Å². The van der Waals surface area contributed by atoms with E-state index in [-0.39, 0.29) is 12.5 Å². The highest BCUT2D eigenvalue weighted by Crippen LogP contribution is 2.05. The van der Waals surface area contributed by atoms with Crippen LogP contribution in [0, 0.1) is 6.92 Å². The van der Waals surface area contributed by atoms with Crippen LogP contribution in [0.5, 0.6) is 0 Å². The summed E-state index contributed by atoms with van der Waals surface area (Å²) < 4.78 is 0. The van der Waals surface area contributed by atoms with E-state index < -0.39 is 0 Å². The summed E-state index contributed by atoms with van der Waals surface area (Å²) in [5, 5.41) is 11.2. The number of carbonyl (C=O) groups excluding carboxylic acids is 1. The van der Waals surface area contributed by atoms with Crippen LogP contribution in [-0.4, -0.2) is 24.2 Å². The fraction of sp³-hybridized carbons (Fsp3) is 0.308. The van der Waals surface area contributed by atoms with Crippen molar-refractivity contribution in [2.45, 2.75) is 13.3 Å². The van der Waals surface area contributed by atoms with Gasteiger partial charge < -0.3 is 10.4 Å². The first kappa shape index (κ1) is 12.5. The Labute approximate surface area is 95.8 Å². The van der Waals surface area contributed by atoms with Crippen molar-refractivity contribution in [1.29, 1.82) is 0 Å². The number of hydrogen-bond acceptors (Lipinski definition) is 2. The number of aliphatic hydroxyl groups excluding tert-OH is 1. The molecule has 86 valence electrons. The highest BCUT2D eigenvalue weighted by Gasteiger charge is 1.94. The Kier molecular flexibility index (Phi) is 5.29. The second-order valence-corrected chi connectivity index (χ2v) is 3.62. The third-order valence-corrected chi connectivity index (χ3v) is 2.10. The van der Waals surface area contributed by atoms with Crippen molar-refractivity contribution in [3.8, 4) is 0 Å². The van der Waals surface area contributed by atoms with Crippen molar-refractivity contribution in [3.63, 3.8) is 0 Å². The number of amides is 1. The molecule has 0 spiro atoms. The lowest BCUT2D eigenvalue weighted by Gasteiger charge is -1.99. The van der Waals surface area contributed by atoms with Crippen LogP contribution in [0.2, 0.25) is 0 Å². The van der Waals surface area contributed by atoms with Gasteiger partial charge in [0.1, 0.15) is 0 Å². The minimum atomic E-state index is -0.130. The Morgan fingerprint density at radius 2 is 2.31 bits per heavy atom. The number of nitrogens with one attached hydrogen (secondary N) is 1. The Hall–Kier alpha value is -1.61. The third kappa shape index (κ3) is 4.75. The van der Waals surface area contributed by atoms with E-state index in [0.29, 0.717) is 13.0 Å². The second-order valence-electron chi connectivity index (χ2n) is 3.62. The molecule has 0 saturated heterocycles. The lowest BCUT2D eigenvalue weighted by atomic mass is 10.1. The summed E-state index contributed by atoms with van der Waals surface area (Å²) in [6.45, 7) is 2.62. The van der Waals surface area contributed by atoms with E-state index >= 15 is 0 Å². The lowest BCUT2D eigenvalue weighted by Crippen LogP contribution is -2.22. The Morgan fingerprint density at radius 3 is 3.00 bits per heavy atom. The Balaban J connectivity index is 2.44. The van der Waals surface area contributed by atoms with Gasteiger partial charge in [-0.2, -0.15) is 0 Å². The van der Waals surface area contributed by atoms with Crippen LogP contribution in [0.4, 0.5) is 0 Å². The molecule has 3 nitrogen and oxygen atoms in total. The average molecular weight is 219 g/mol. The summed E-state index contributed by atoms with van der Waals surface area (Å²) in [5.41, 5.74) is 2.18. The van der Waals surface area contributed by atoms with Crippen molar-refractivity contribution >= 4 is 12.0 Å². The van der Waals surface area contributed by atoms with E-state index in [0.717, 1.165) is 5.56 Å². The maximum Gasteiger partial charge on any atom is 0.244 e. The second kappa shape index (κ2) is 6.80. The minimum absolute atomic E-state index is 0.0991. The summed E-state index contributed by atoms with van der Waals surface area (Å²) in [6.07, 6.45) is 3.87. The number of rotatable bonds is 5. The molecule has 0 bridgehead atoms. The first-order chi connectivity index (χ1) is 7.72. The molecule has 1 rings (SSSR count). The smallest absolute Gasteiger partial charge is 0.244 e. The molecule has 0 aliphatic carbocycles. The number of benzene rings is 1. The topological polar surface area (TPSA) is 49.3 Å². The Morgan fingerprint density at radius 1 is 1.50 bits per heavy atom. The maximum atomic E-state index is 11.3. The van der Waals surface area contributed by atoms with Crippen molar-refractivity contribution in [1.82, 2.24) is 5.32 Å². The fourth-order valence-corrected chi connectivity index (χ4v) is 1.30. The van der Waals surface area contributed by atoms with Crippen LogP contribution in [-0.2, 0) is 4.79 Å². The van der Waals surface area contributed by atoms with E-state index in [1.54, 1.807) is 6.08 Å². The molecule has 2 N–H and O–H groups in total. The van der Waals surface area contributed by atoms with Gasteiger partial charge in [-0.1, -0.05) is 29.8 Å². The molecule has 16 heavy (non-hydrogen) atoms. The molecule has 0 heterocycles. The van der Waals surface area contributed by atoms with Gasteiger partial charge in [-0.05, 0) is 25.0 Å². The highest BCUT2D eigenvalue weighted by molar-refractivity contribution is 5.91. The first-order valence-corrected chi connectivity index (χ1v) is 5.36. The number of carbonyl (C=O) groups is 1. The van der Waals surface area contributed by atoms with Gasteiger partial charge in [-0.15, -0.1) is 0 Å². The van der Waals surface area contributed by atoms with Crippen molar-refractivity contribution in [3.05, 3.63) is 41.5 Å². The zero-order valence-electron chi connectivity index (χ0n) is 9.44. The Bertz CT molecular complexity index is 372. The molecule has 0 saturated carbocycles. The SMILES string of the molecule is Cc1cccc(/C=C/C(=O)NCCCO)c1. The monoisotopic (exact) mass is 219 g/mol. The lowest BCUT2D eigenvalue weighted by molar-refractivity contribution is -0.116. The fourth-order valence-electron chi connectivity index (χ4n) is 1.30. The van der Waals surface area contributed by atoms with Crippen LogP contribution < -0.4 is 5.32 Å². The van der Waals surface area contributed by atoms with Crippen LogP contribution in [0.3, 0.4) is 0 Å². The molecule has 0 aliphatic rings. The molecule has 1 aromatic carbocycles. The molecule has 0 fully saturated rings. The predicted octanol–water partition coefficient (Wildman–Crippen LogP) is 1.51. The summed E-state index contributed by atoms with van der Waals surface area (Å²) in [5.74, 6) is -0.130. The molecule has 1 aromatic rings. The average Bonchev–Trinajstić information content (AvgIpc) is 2.27. The molecule has 0 aromatic heterocycles. The van der Waals surface area contributed by atoms with Crippen LogP contribution in [0.15, 0.2) is 30.3 Å². The molecule has 0 aliphatic heterocycles. The molecule has 3 heteroatoms. The van der Waals surface area contributed by atoms with Gasteiger partial charge in [0.25, 0.3) is 0 Å². The third-order valence-electron chi connectivity index (χ3n) is 2.10. The molecular formula is C13H17NO2. The van der Waals surface area contributed by atoms with Gasteiger partial charge in [0.15, 0.2) is 0 Å². The molecule has 0 radical (unpaired) electrons. The summed E-state index contributed by atoms with van der Waals surface area (Å²) in [7, 11) is 0. The summed E-state index contributed by atoms with van der Waals surface area (Å²) in [4.78, 5) is 11.3. The zero-order valence-corrected chi connectivity index (χ0v) is 9.44. The van der Waals surface area contributed by atoms with Gasteiger partial charge in [0.2, 0.25) is 5.91 Å². The summed E-state index contributed by atoms with van der Waals surface area (Å²) >= 11 is 0. The quantitative estimate of drug-likeness (QED) is 0.582. The van der Waals surface area contributed by atoms with Gasteiger partial charge in [-0.3, -0.25) is 4.79 Å². The van der Waals surface area contributed by atoms with E-state index in [1.807, 2.05) is 31.2 Å². The minimum Gasteiger partial charge on any atom is -0.396 e. The van der Waals surface area contributed by atoms with Crippen molar-refractivity contribution < 1.29 is 9.90 Å². The molecular weight excluding hydrogens is 202 g/mol. The molecule has 1 amide bonds. The van der Waals surface area contributed by atoms with Gasteiger partial charge in [0.05, 0.1) is 0 Å². The maximum absolute atomic E-state index is 11.3. The number of aryl methyl sites for hydroxylation is 1. The van der Waals surface area contributed by atoms with Crippen molar-refractivity contribution in [2.24, 2.45) is 0 Å². The van der Waals surface area contributed by atoms with Crippen LogP contribution in [0.25, 0.3) is 6.08 Å². The van der Waals surface area contributed by atoms with E-state index in [2.05, 4.69) is 5.32 Å². The highest BCUT2D eigenvalue weighted by atomic mass is 16.3. The van der Waals surface area contributed by atoms with Gasteiger partial charge in [-0.25, -0.2) is 0 Å². The van der Waals surface area contributed by atoms with Crippen LogP contribution in [0.1, 0.15) is 17.5 Å². The van der Waals surface area contributed by atoms with E-state index in [9.17, 15) is 4.79 Å². The van der Waals surface area contributed by atoms with E-state index in [1.165, 1.54) is 11.6 Å². The standard InChI is InChI=1S/C13H17NO2/c1-11-4-2-5-12(10-11)6-7-13(16)14-8-3-9-15/h2,4-7,10,15H,3,8-9H2,1H3,(H,14,16)/b7-6+. The first-order valence-electron chi connectivity index (χ1n) is 5.36. The molecule has 0 unspecified atom stereocenters. The predicted molar refractivity (Wildman–Crippen MR) is 64.9 cm³/mol. The number of hydrogen-bond donors (Lipinski definition) is 2. The zero-order chi connectivity index (χ0) is 11.8. The van der Waals surface area contributed by atoms with Gasteiger partial charge in [0, 0.05) is 19.2 Å². The summed E-state index contributed by atoms with van der Waals surface area (Å²) in [6, 6.07) is 7.93. The van der Waals surface area contributed by atoms with Gasteiger partial charge >= 0.3 is 0 Å². The van der Waals surface area contributed by atoms with Crippen LogP contribution >= 0.6 is 0 Å². The normalized spacial score (nSPS) is 10.6. The van der Waals surface area contributed by atoms with E-state index in [4.69, 9.17) is 5.11 Å². The number of aliphatic hydroxyl groups is 1. The molecule has 0 atom stereocenters. The largest absolute Gasteiger partial charge is 0.396 e.